The van der Waals surface area contributed by atoms with E-state index >= 15 is 0 Å². The molecule has 5 heteroatoms. The Morgan fingerprint density at radius 3 is 2.67 bits per heavy atom. The van der Waals surface area contributed by atoms with Crippen LogP contribution in [0, 0.1) is 0 Å². The van der Waals surface area contributed by atoms with Gasteiger partial charge in [0.25, 0.3) is 5.79 Å². The summed E-state index contributed by atoms with van der Waals surface area (Å²) in [5, 5.41) is 9.56. The number of hydrogen-bond donors (Lipinski definition) is 1. The number of benzene rings is 1. The van der Waals surface area contributed by atoms with E-state index in [9.17, 15) is 5.11 Å². The molecule has 0 radical (unpaired) electrons. The summed E-state index contributed by atoms with van der Waals surface area (Å²) in [4.78, 5) is 0. The summed E-state index contributed by atoms with van der Waals surface area (Å²) in [6.45, 7) is 0.930. The lowest BCUT2D eigenvalue weighted by molar-refractivity contribution is -0.443. The first-order chi connectivity index (χ1) is 10.3. The van der Waals surface area contributed by atoms with Gasteiger partial charge in [-0.2, -0.15) is 0 Å². The SMILES string of the molecule is OC[C@H]1O[C@@]2(CCCCO2)[C@@]2(c3ccccc3)OC[C@@H]1O2. The van der Waals surface area contributed by atoms with Crippen molar-refractivity contribution in [2.45, 2.75) is 43.0 Å². The second-order valence-electron chi connectivity index (χ2n) is 5.85. The number of ether oxygens (including phenoxy) is 4. The molecule has 21 heavy (non-hydrogen) atoms. The Balaban J connectivity index is 1.80. The quantitative estimate of drug-likeness (QED) is 0.896. The van der Waals surface area contributed by atoms with Crippen LogP contribution in [-0.2, 0) is 24.7 Å². The maximum Gasteiger partial charge on any atom is 0.251 e. The van der Waals surface area contributed by atoms with Gasteiger partial charge in [0.15, 0.2) is 0 Å². The van der Waals surface area contributed by atoms with Crippen LogP contribution in [0.25, 0.3) is 0 Å². The first kappa shape index (κ1) is 13.7. The van der Waals surface area contributed by atoms with Crippen molar-refractivity contribution in [1.82, 2.24) is 0 Å². The molecule has 114 valence electrons. The van der Waals surface area contributed by atoms with Crippen molar-refractivity contribution in [3.8, 4) is 0 Å². The molecule has 5 nitrogen and oxygen atoms in total. The van der Waals surface area contributed by atoms with Gasteiger partial charge in [0.1, 0.15) is 12.2 Å². The minimum atomic E-state index is -1.02. The highest BCUT2D eigenvalue weighted by Gasteiger charge is 2.67. The average Bonchev–Trinajstić information content (AvgIpc) is 2.97. The molecule has 1 N–H and O–H groups in total. The van der Waals surface area contributed by atoms with Crippen LogP contribution in [0.2, 0.25) is 0 Å². The van der Waals surface area contributed by atoms with Crippen molar-refractivity contribution in [2.75, 3.05) is 19.8 Å². The molecule has 1 aromatic carbocycles. The normalized spacial score (nSPS) is 42.3. The van der Waals surface area contributed by atoms with Gasteiger partial charge in [0.05, 0.1) is 19.8 Å². The topological polar surface area (TPSA) is 57.2 Å². The Morgan fingerprint density at radius 2 is 1.95 bits per heavy atom. The van der Waals surface area contributed by atoms with Gasteiger partial charge in [0.2, 0.25) is 5.79 Å². The number of rotatable bonds is 2. The molecular formula is C16H20O5. The number of hydrogen-bond acceptors (Lipinski definition) is 5. The molecule has 0 unspecified atom stereocenters. The molecule has 3 saturated heterocycles. The third kappa shape index (κ3) is 1.89. The van der Waals surface area contributed by atoms with E-state index in [1.807, 2.05) is 30.3 Å². The largest absolute Gasteiger partial charge is 0.394 e. The highest BCUT2D eigenvalue weighted by Crippen LogP contribution is 2.54. The van der Waals surface area contributed by atoms with Crippen LogP contribution in [-0.4, -0.2) is 42.9 Å². The van der Waals surface area contributed by atoms with Gasteiger partial charge in [-0.05, 0) is 12.8 Å². The van der Waals surface area contributed by atoms with Crippen LogP contribution in [0.15, 0.2) is 30.3 Å². The summed E-state index contributed by atoms with van der Waals surface area (Å²) in [7, 11) is 0. The Kier molecular flexibility index (Phi) is 3.28. The van der Waals surface area contributed by atoms with E-state index in [0.29, 0.717) is 19.6 Å². The van der Waals surface area contributed by atoms with Gasteiger partial charge in [-0.15, -0.1) is 0 Å². The van der Waals surface area contributed by atoms with Gasteiger partial charge in [-0.3, -0.25) is 0 Å². The smallest absolute Gasteiger partial charge is 0.251 e. The second kappa shape index (κ2) is 5.04. The molecule has 4 rings (SSSR count). The van der Waals surface area contributed by atoms with Crippen LogP contribution >= 0.6 is 0 Å². The summed E-state index contributed by atoms with van der Waals surface area (Å²) in [5.41, 5.74) is 0.908. The van der Waals surface area contributed by atoms with Crippen LogP contribution in [0.4, 0.5) is 0 Å². The van der Waals surface area contributed by atoms with E-state index in [0.717, 1.165) is 18.4 Å². The molecule has 3 fully saturated rings. The van der Waals surface area contributed by atoms with Gasteiger partial charge >= 0.3 is 0 Å². The summed E-state index contributed by atoms with van der Waals surface area (Å²) in [6, 6.07) is 9.83. The van der Waals surface area contributed by atoms with Gasteiger partial charge in [-0.25, -0.2) is 0 Å². The van der Waals surface area contributed by atoms with E-state index in [4.69, 9.17) is 18.9 Å². The maximum atomic E-state index is 9.56. The molecule has 3 aliphatic heterocycles. The fourth-order valence-corrected chi connectivity index (χ4v) is 3.57. The van der Waals surface area contributed by atoms with E-state index in [-0.39, 0.29) is 12.7 Å². The lowest BCUT2D eigenvalue weighted by Crippen LogP contribution is -2.63. The van der Waals surface area contributed by atoms with Crippen molar-refractivity contribution < 1.29 is 24.1 Å². The van der Waals surface area contributed by atoms with Gasteiger partial charge < -0.3 is 24.1 Å². The summed E-state index contributed by atoms with van der Waals surface area (Å²) in [5.74, 6) is -1.99. The Morgan fingerprint density at radius 1 is 1.10 bits per heavy atom. The van der Waals surface area contributed by atoms with Gasteiger partial charge in [-0.1, -0.05) is 30.3 Å². The third-order valence-electron chi connectivity index (χ3n) is 4.60. The Hall–Kier alpha value is -0.980. The zero-order chi connectivity index (χ0) is 14.3. The first-order valence-corrected chi connectivity index (χ1v) is 7.60. The minimum absolute atomic E-state index is 0.0932. The predicted octanol–water partition coefficient (Wildman–Crippen LogP) is 1.54. The lowest BCUT2D eigenvalue weighted by atomic mass is 9.89. The fraction of sp³-hybridized carbons (Fsp3) is 0.625. The molecule has 0 saturated carbocycles. The van der Waals surface area contributed by atoms with Crippen LogP contribution in [0.3, 0.4) is 0 Å². The van der Waals surface area contributed by atoms with E-state index in [1.54, 1.807) is 0 Å². The lowest BCUT2D eigenvalue weighted by Gasteiger charge is -2.52. The molecule has 0 aliphatic carbocycles. The van der Waals surface area contributed by atoms with Crippen LogP contribution in [0.5, 0.6) is 0 Å². The molecule has 2 bridgehead atoms. The van der Waals surface area contributed by atoms with E-state index in [1.165, 1.54) is 0 Å². The van der Waals surface area contributed by atoms with Crippen LogP contribution < -0.4 is 0 Å². The summed E-state index contributed by atoms with van der Waals surface area (Å²) in [6.07, 6.45) is 2.03. The molecule has 4 atom stereocenters. The predicted molar refractivity (Wildman–Crippen MR) is 73.4 cm³/mol. The molecular weight excluding hydrogens is 272 g/mol. The Bertz CT molecular complexity index is 499. The minimum Gasteiger partial charge on any atom is -0.394 e. The Labute approximate surface area is 123 Å². The highest BCUT2D eigenvalue weighted by molar-refractivity contribution is 5.25. The number of fused-ring (bicyclic) bond motifs is 3. The van der Waals surface area contributed by atoms with Gasteiger partial charge in [0, 0.05) is 12.0 Å². The van der Waals surface area contributed by atoms with Crippen molar-refractivity contribution in [2.24, 2.45) is 0 Å². The zero-order valence-electron chi connectivity index (χ0n) is 11.9. The summed E-state index contributed by atoms with van der Waals surface area (Å²) >= 11 is 0. The first-order valence-electron chi connectivity index (χ1n) is 7.60. The van der Waals surface area contributed by atoms with E-state index in [2.05, 4.69) is 0 Å². The molecule has 3 heterocycles. The molecule has 1 aromatic rings. The number of aliphatic hydroxyl groups excluding tert-OH is 1. The molecule has 1 spiro atoms. The van der Waals surface area contributed by atoms with Crippen molar-refractivity contribution >= 4 is 0 Å². The average molecular weight is 292 g/mol. The van der Waals surface area contributed by atoms with E-state index < -0.39 is 17.7 Å². The molecule has 3 aliphatic rings. The maximum absolute atomic E-state index is 9.56. The monoisotopic (exact) mass is 292 g/mol. The van der Waals surface area contributed by atoms with Crippen LogP contribution in [0.1, 0.15) is 24.8 Å². The molecule has 0 aromatic heterocycles. The molecule has 0 amide bonds. The number of aliphatic hydroxyl groups is 1. The zero-order valence-corrected chi connectivity index (χ0v) is 11.9. The van der Waals surface area contributed by atoms with Crippen molar-refractivity contribution in [3.63, 3.8) is 0 Å². The van der Waals surface area contributed by atoms with Crippen molar-refractivity contribution in [1.29, 1.82) is 0 Å². The second-order valence-corrected chi connectivity index (χ2v) is 5.85. The van der Waals surface area contributed by atoms with Crippen molar-refractivity contribution in [3.05, 3.63) is 35.9 Å². The highest BCUT2D eigenvalue weighted by atomic mass is 16.8. The third-order valence-corrected chi connectivity index (χ3v) is 4.60. The standard InChI is InChI=1S/C16H20O5/c17-10-13-14-11-19-16(21-14,12-6-2-1-3-7-12)15(20-13)8-4-5-9-18-15/h1-3,6-7,13-14,17H,4-5,8-11H2/t13-,14+,15+,16+/m1/s1. The fourth-order valence-electron chi connectivity index (χ4n) is 3.57. The summed E-state index contributed by atoms with van der Waals surface area (Å²) < 4.78 is 24.6.